The van der Waals surface area contributed by atoms with Crippen molar-refractivity contribution < 1.29 is 19.2 Å². The molecule has 1 atom stereocenters. The van der Waals surface area contributed by atoms with E-state index in [4.69, 9.17) is 4.74 Å². The van der Waals surface area contributed by atoms with Gasteiger partial charge in [-0.3, -0.25) is 19.7 Å². The van der Waals surface area contributed by atoms with Crippen molar-refractivity contribution >= 4 is 28.8 Å². The van der Waals surface area contributed by atoms with E-state index in [-0.39, 0.29) is 29.7 Å². The van der Waals surface area contributed by atoms with Crippen LogP contribution in [0.15, 0.2) is 60.0 Å². The molecule has 35 heavy (non-hydrogen) atoms. The SMILES string of the molecule is CCCN(CC(=O)N1CCc2sccc2C1c1ccc(OC)cc1)C(=O)c1cccc([N+](=O)[O-])c1. The van der Waals surface area contributed by atoms with Gasteiger partial charge in [0.15, 0.2) is 0 Å². The van der Waals surface area contributed by atoms with Crippen LogP contribution in [0.3, 0.4) is 0 Å². The Labute approximate surface area is 207 Å². The summed E-state index contributed by atoms with van der Waals surface area (Å²) in [6, 6.07) is 15.1. The second-order valence-electron chi connectivity index (χ2n) is 8.35. The van der Waals surface area contributed by atoms with Gasteiger partial charge in [0.1, 0.15) is 12.3 Å². The summed E-state index contributed by atoms with van der Waals surface area (Å²) < 4.78 is 5.29. The molecular weight excluding hydrogens is 466 g/mol. The third kappa shape index (κ3) is 5.19. The predicted octanol–water partition coefficient (Wildman–Crippen LogP) is 4.69. The Morgan fingerprint density at radius 2 is 1.97 bits per heavy atom. The Hall–Kier alpha value is -3.72. The Bertz CT molecular complexity index is 1220. The Balaban J connectivity index is 1.60. The average molecular weight is 494 g/mol. The predicted molar refractivity (Wildman–Crippen MR) is 134 cm³/mol. The molecule has 0 spiro atoms. The zero-order valence-corrected chi connectivity index (χ0v) is 20.5. The first-order valence-electron chi connectivity index (χ1n) is 11.5. The van der Waals surface area contributed by atoms with E-state index in [1.807, 2.05) is 41.5 Å². The van der Waals surface area contributed by atoms with Crippen molar-refractivity contribution in [2.24, 2.45) is 0 Å². The minimum atomic E-state index is -0.530. The van der Waals surface area contributed by atoms with Crippen LogP contribution >= 0.6 is 11.3 Å². The zero-order chi connectivity index (χ0) is 24.9. The van der Waals surface area contributed by atoms with E-state index < -0.39 is 10.8 Å². The number of fused-ring (bicyclic) bond motifs is 1. The Kier molecular flexibility index (Phi) is 7.45. The van der Waals surface area contributed by atoms with E-state index in [0.29, 0.717) is 19.5 Å². The van der Waals surface area contributed by atoms with Gasteiger partial charge in [-0.1, -0.05) is 25.1 Å². The van der Waals surface area contributed by atoms with E-state index in [1.54, 1.807) is 24.5 Å². The lowest BCUT2D eigenvalue weighted by atomic mass is 9.93. The number of non-ortho nitro benzene ring substituents is 1. The number of carbonyl (C=O) groups is 2. The van der Waals surface area contributed by atoms with Gasteiger partial charge in [0.05, 0.1) is 18.1 Å². The molecule has 2 amide bonds. The molecular formula is C26H27N3O5S. The number of hydrogen-bond acceptors (Lipinski definition) is 6. The lowest BCUT2D eigenvalue weighted by molar-refractivity contribution is -0.384. The number of benzene rings is 2. The van der Waals surface area contributed by atoms with Crippen LogP contribution in [-0.4, -0.2) is 53.3 Å². The molecule has 0 saturated heterocycles. The molecule has 0 radical (unpaired) electrons. The van der Waals surface area contributed by atoms with Crippen molar-refractivity contribution in [2.45, 2.75) is 25.8 Å². The minimum absolute atomic E-state index is 0.0957. The van der Waals surface area contributed by atoms with Crippen LogP contribution in [0, 0.1) is 10.1 Å². The first-order valence-corrected chi connectivity index (χ1v) is 12.3. The second-order valence-corrected chi connectivity index (χ2v) is 9.35. The number of carbonyl (C=O) groups excluding carboxylic acids is 2. The molecule has 1 aromatic heterocycles. The highest BCUT2D eigenvalue weighted by atomic mass is 32.1. The van der Waals surface area contributed by atoms with Crippen molar-refractivity contribution in [1.82, 2.24) is 9.80 Å². The van der Waals surface area contributed by atoms with Crippen LogP contribution < -0.4 is 4.74 Å². The van der Waals surface area contributed by atoms with Gasteiger partial charge in [-0.05, 0) is 53.6 Å². The van der Waals surface area contributed by atoms with Crippen LogP contribution in [0.5, 0.6) is 5.75 Å². The molecule has 2 aromatic carbocycles. The standard InChI is InChI=1S/C26H27N3O5S/c1-3-13-27(26(31)19-5-4-6-20(16-19)29(32)33)17-24(30)28-14-11-23-22(12-15-35-23)25(28)18-7-9-21(34-2)10-8-18/h4-10,12,15-16,25H,3,11,13-14,17H2,1-2H3. The monoisotopic (exact) mass is 493 g/mol. The van der Waals surface area contributed by atoms with Gasteiger partial charge in [-0.25, -0.2) is 0 Å². The molecule has 1 unspecified atom stereocenters. The van der Waals surface area contributed by atoms with Crippen LogP contribution in [0.2, 0.25) is 0 Å². The van der Waals surface area contributed by atoms with E-state index in [2.05, 4.69) is 6.07 Å². The van der Waals surface area contributed by atoms with Gasteiger partial charge in [0.2, 0.25) is 5.91 Å². The number of rotatable bonds is 8. The zero-order valence-electron chi connectivity index (χ0n) is 19.7. The number of thiophene rings is 1. The summed E-state index contributed by atoms with van der Waals surface area (Å²) in [6.45, 7) is 2.75. The topological polar surface area (TPSA) is 93.0 Å². The highest BCUT2D eigenvalue weighted by Crippen LogP contribution is 2.38. The number of nitro benzene ring substituents is 1. The van der Waals surface area contributed by atoms with Crippen LogP contribution in [0.25, 0.3) is 0 Å². The number of nitro groups is 1. The quantitative estimate of drug-likeness (QED) is 0.335. The van der Waals surface area contributed by atoms with Gasteiger partial charge in [0, 0.05) is 35.7 Å². The smallest absolute Gasteiger partial charge is 0.270 e. The lowest BCUT2D eigenvalue weighted by Crippen LogP contribution is -2.47. The van der Waals surface area contributed by atoms with Gasteiger partial charge in [-0.15, -0.1) is 11.3 Å². The largest absolute Gasteiger partial charge is 0.497 e. The lowest BCUT2D eigenvalue weighted by Gasteiger charge is -2.37. The molecule has 4 rings (SSSR count). The maximum Gasteiger partial charge on any atom is 0.270 e. The Morgan fingerprint density at radius 3 is 2.66 bits per heavy atom. The van der Waals surface area contributed by atoms with Gasteiger partial charge >= 0.3 is 0 Å². The fraction of sp³-hybridized carbons (Fsp3) is 0.308. The molecule has 1 aliphatic heterocycles. The summed E-state index contributed by atoms with van der Waals surface area (Å²) in [6.07, 6.45) is 1.42. The number of ether oxygens (including phenoxy) is 1. The van der Waals surface area contributed by atoms with Gasteiger partial charge < -0.3 is 14.5 Å². The third-order valence-corrected chi connectivity index (χ3v) is 7.13. The molecule has 8 nitrogen and oxygen atoms in total. The minimum Gasteiger partial charge on any atom is -0.497 e. The number of methoxy groups -OCH3 is 1. The van der Waals surface area contributed by atoms with Crippen molar-refractivity contribution in [3.8, 4) is 5.75 Å². The van der Waals surface area contributed by atoms with Crippen molar-refractivity contribution in [3.05, 3.63) is 91.7 Å². The summed E-state index contributed by atoms with van der Waals surface area (Å²) in [5.74, 6) is 0.192. The molecule has 0 saturated carbocycles. The van der Waals surface area contributed by atoms with Crippen LogP contribution in [0.4, 0.5) is 5.69 Å². The molecule has 182 valence electrons. The molecule has 3 aromatic rings. The van der Waals surface area contributed by atoms with E-state index in [0.717, 1.165) is 23.3 Å². The summed E-state index contributed by atoms with van der Waals surface area (Å²) >= 11 is 1.69. The molecule has 0 aliphatic carbocycles. The molecule has 2 heterocycles. The number of nitrogens with zero attached hydrogens (tertiary/aromatic N) is 3. The second kappa shape index (κ2) is 10.7. The van der Waals surface area contributed by atoms with Crippen molar-refractivity contribution in [2.75, 3.05) is 26.7 Å². The Morgan fingerprint density at radius 1 is 1.20 bits per heavy atom. The number of hydrogen-bond donors (Lipinski definition) is 0. The molecule has 0 bridgehead atoms. The average Bonchev–Trinajstić information content (AvgIpc) is 3.36. The fourth-order valence-electron chi connectivity index (χ4n) is 4.44. The normalized spacial score (nSPS) is 14.8. The van der Waals surface area contributed by atoms with Crippen molar-refractivity contribution in [3.63, 3.8) is 0 Å². The summed E-state index contributed by atoms with van der Waals surface area (Å²) in [4.78, 5) is 42.1. The van der Waals surface area contributed by atoms with Gasteiger partial charge in [-0.2, -0.15) is 0 Å². The maximum atomic E-state index is 13.6. The summed E-state index contributed by atoms with van der Waals surface area (Å²) in [5, 5.41) is 13.2. The summed E-state index contributed by atoms with van der Waals surface area (Å²) in [5.41, 5.74) is 2.13. The first kappa shape index (κ1) is 24.4. The molecule has 0 fully saturated rings. The van der Waals surface area contributed by atoms with Crippen LogP contribution in [-0.2, 0) is 11.2 Å². The number of amides is 2. The van der Waals surface area contributed by atoms with Crippen LogP contribution in [0.1, 0.15) is 45.7 Å². The molecule has 9 heteroatoms. The highest BCUT2D eigenvalue weighted by Gasteiger charge is 2.34. The fourth-order valence-corrected chi connectivity index (χ4v) is 5.35. The molecule has 0 N–H and O–H groups in total. The molecule has 1 aliphatic rings. The van der Waals surface area contributed by atoms with E-state index >= 15 is 0 Å². The first-order chi connectivity index (χ1) is 16.9. The van der Waals surface area contributed by atoms with Crippen molar-refractivity contribution in [1.29, 1.82) is 0 Å². The highest BCUT2D eigenvalue weighted by molar-refractivity contribution is 7.10. The summed E-state index contributed by atoms with van der Waals surface area (Å²) in [7, 11) is 1.61. The van der Waals surface area contributed by atoms with E-state index in [9.17, 15) is 19.7 Å². The van der Waals surface area contributed by atoms with E-state index in [1.165, 1.54) is 28.0 Å². The maximum absolute atomic E-state index is 13.6. The van der Waals surface area contributed by atoms with Gasteiger partial charge in [0.25, 0.3) is 11.6 Å². The third-order valence-electron chi connectivity index (χ3n) is 6.13.